The van der Waals surface area contributed by atoms with Gasteiger partial charge in [0.25, 0.3) is 5.91 Å². The van der Waals surface area contributed by atoms with Gasteiger partial charge in [0.2, 0.25) is 0 Å². The van der Waals surface area contributed by atoms with Crippen molar-refractivity contribution in [1.29, 1.82) is 0 Å². The highest BCUT2D eigenvalue weighted by molar-refractivity contribution is 9.10. The third kappa shape index (κ3) is 3.73. The zero-order valence-electron chi connectivity index (χ0n) is 14.5. The Hall–Kier alpha value is -3.05. The van der Waals surface area contributed by atoms with Crippen LogP contribution in [0.1, 0.15) is 16.1 Å². The molecule has 0 fully saturated rings. The van der Waals surface area contributed by atoms with Crippen molar-refractivity contribution in [2.75, 3.05) is 5.32 Å². The van der Waals surface area contributed by atoms with E-state index in [9.17, 15) is 4.79 Å². The topological polar surface area (TPSA) is 51.5 Å². The molecule has 0 aliphatic rings. The number of aryl methyl sites for hydroxylation is 1. The van der Waals surface area contributed by atoms with Gasteiger partial charge < -0.3 is 14.5 Å². The lowest BCUT2D eigenvalue weighted by atomic mass is 10.1. The van der Waals surface area contributed by atoms with E-state index in [0.29, 0.717) is 22.8 Å². The highest BCUT2D eigenvalue weighted by atomic mass is 79.9. The van der Waals surface area contributed by atoms with E-state index in [0.717, 1.165) is 21.2 Å². The van der Waals surface area contributed by atoms with Gasteiger partial charge in [-0.1, -0.05) is 34.1 Å². The molecule has 134 valence electrons. The summed E-state index contributed by atoms with van der Waals surface area (Å²) in [6.07, 6.45) is 0. The number of rotatable bonds is 4. The molecular formula is C22H16BrNO3. The minimum Gasteiger partial charge on any atom is -0.457 e. The molecule has 4 nitrogen and oxygen atoms in total. The molecule has 27 heavy (non-hydrogen) atoms. The number of hydrogen-bond donors (Lipinski definition) is 1. The van der Waals surface area contributed by atoms with Crippen molar-refractivity contribution in [1.82, 2.24) is 0 Å². The van der Waals surface area contributed by atoms with Gasteiger partial charge in [-0.2, -0.15) is 0 Å². The Morgan fingerprint density at radius 1 is 0.963 bits per heavy atom. The predicted molar refractivity (Wildman–Crippen MR) is 110 cm³/mol. The molecule has 1 aromatic heterocycles. The molecule has 0 atom stereocenters. The monoisotopic (exact) mass is 421 g/mol. The second kappa shape index (κ2) is 7.29. The minimum absolute atomic E-state index is 0.281. The van der Waals surface area contributed by atoms with Crippen molar-refractivity contribution < 1.29 is 13.9 Å². The van der Waals surface area contributed by atoms with Crippen LogP contribution >= 0.6 is 15.9 Å². The number of benzene rings is 3. The largest absolute Gasteiger partial charge is 0.457 e. The maximum Gasteiger partial charge on any atom is 0.291 e. The maximum absolute atomic E-state index is 12.6. The van der Waals surface area contributed by atoms with Crippen molar-refractivity contribution in [2.24, 2.45) is 0 Å². The number of anilines is 1. The molecule has 5 heteroatoms. The number of fused-ring (bicyclic) bond motifs is 1. The predicted octanol–water partition coefficient (Wildman–Crippen LogP) is 6.55. The van der Waals surface area contributed by atoms with Crippen LogP contribution in [0.5, 0.6) is 11.5 Å². The van der Waals surface area contributed by atoms with Crippen molar-refractivity contribution in [3.05, 3.63) is 88.6 Å². The zero-order valence-corrected chi connectivity index (χ0v) is 16.1. The molecule has 1 N–H and O–H groups in total. The first-order valence-electron chi connectivity index (χ1n) is 8.43. The molecular weight excluding hydrogens is 406 g/mol. The van der Waals surface area contributed by atoms with Gasteiger partial charge >= 0.3 is 0 Å². The van der Waals surface area contributed by atoms with E-state index in [1.165, 1.54) is 0 Å². The first-order chi connectivity index (χ1) is 13.1. The normalized spacial score (nSPS) is 10.7. The zero-order chi connectivity index (χ0) is 18.8. The summed E-state index contributed by atoms with van der Waals surface area (Å²) in [5.41, 5.74) is 2.17. The number of nitrogens with one attached hydrogen (secondary N) is 1. The summed E-state index contributed by atoms with van der Waals surface area (Å²) in [6.45, 7) is 1.88. The lowest BCUT2D eigenvalue weighted by Gasteiger charge is -2.07. The Labute approximate surface area is 164 Å². The third-order valence-corrected chi connectivity index (χ3v) is 4.69. The lowest BCUT2D eigenvalue weighted by Crippen LogP contribution is -2.11. The molecule has 0 bridgehead atoms. The lowest BCUT2D eigenvalue weighted by molar-refractivity contribution is 0.0998. The highest BCUT2D eigenvalue weighted by Gasteiger charge is 2.18. The van der Waals surface area contributed by atoms with Crippen LogP contribution in [0.15, 0.2) is 81.7 Å². The number of halogens is 1. The Morgan fingerprint density at radius 3 is 2.41 bits per heavy atom. The Morgan fingerprint density at radius 2 is 1.67 bits per heavy atom. The number of ether oxygens (including phenoxy) is 1. The SMILES string of the molecule is Cc1c(C(=O)Nc2ccc(Oc3ccccc3)cc2)oc2ccc(Br)cc12. The average molecular weight is 422 g/mol. The van der Waals surface area contributed by atoms with Crippen LogP contribution in [-0.4, -0.2) is 5.91 Å². The van der Waals surface area contributed by atoms with Gasteiger partial charge in [-0.15, -0.1) is 0 Å². The van der Waals surface area contributed by atoms with Gasteiger partial charge in [-0.3, -0.25) is 4.79 Å². The highest BCUT2D eigenvalue weighted by Crippen LogP contribution is 2.29. The third-order valence-electron chi connectivity index (χ3n) is 4.20. The van der Waals surface area contributed by atoms with Gasteiger partial charge in [0.15, 0.2) is 5.76 Å². The fourth-order valence-electron chi connectivity index (χ4n) is 2.83. The number of carbonyl (C=O) groups excluding carboxylic acids is 1. The quantitative estimate of drug-likeness (QED) is 0.406. The number of para-hydroxylation sites is 1. The van der Waals surface area contributed by atoms with Crippen LogP contribution in [0, 0.1) is 6.92 Å². The summed E-state index contributed by atoms with van der Waals surface area (Å²) in [5, 5.41) is 3.78. The molecule has 4 rings (SSSR count). The van der Waals surface area contributed by atoms with E-state index in [2.05, 4.69) is 21.2 Å². The van der Waals surface area contributed by atoms with E-state index < -0.39 is 0 Å². The van der Waals surface area contributed by atoms with Crippen LogP contribution in [-0.2, 0) is 0 Å². The number of hydrogen-bond acceptors (Lipinski definition) is 3. The van der Waals surface area contributed by atoms with Crippen molar-refractivity contribution in [3.63, 3.8) is 0 Å². The standard InChI is InChI=1S/C22H16BrNO3/c1-14-19-13-15(23)7-12-20(19)27-21(14)22(25)24-16-8-10-18(11-9-16)26-17-5-3-2-4-6-17/h2-13H,1H3,(H,24,25). The smallest absolute Gasteiger partial charge is 0.291 e. The van der Waals surface area contributed by atoms with E-state index in [-0.39, 0.29) is 5.91 Å². The second-order valence-electron chi connectivity index (χ2n) is 6.09. The Kier molecular flexibility index (Phi) is 4.69. The fourth-order valence-corrected chi connectivity index (χ4v) is 3.19. The first-order valence-corrected chi connectivity index (χ1v) is 9.22. The van der Waals surface area contributed by atoms with E-state index >= 15 is 0 Å². The van der Waals surface area contributed by atoms with Crippen LogP contribution < -0.4 is 10.1 Å². The molecule has 0 radical (unpaired) electrons. The van der Waals surface area contributed by atoms with Crippen molar-refractivity contribution in [2.45, 2.75) is 6.92 Å². The van der Waals surface area contributed by atoms with Crippen molar-refractivity contribution >= 4 is 38.5 Å². The molecule has 1 heterocycles. The molecule has 0 aliphatic heterocycles. The van der Waals surface area contributed by atoms with Crippen LogP contribution in [0.3, 0.4) is 0 Å². The molecule has 0 unspecified atom stereocenters. The van der Waals surface area contributed by atoms with Crippen LogP contribution in [0.4, 0.5) is 5.69 Å². The van der Waals surface area contributed by atoms with Gasteiger partial charge in [-0.25, -0.2) is 0 Å². The Bertz CT molecular complexity index is 1100. The summed E-state index contributed by atoms with van der Waals surface area (Å²) in [5.74, 6) is 1.49. The minimum atomic E-state index is -0.281. The van der Waals surface area contributed by atoms with Crippen LogP contribution in [0.25, 0.3) is 11.0 Å². The Balaban J connectivity index is 1.50. The molecule has 0 spiro atoms. The second-order valence-corrected chi connectivity index (χ2v) is 7.01. The molecule has 0 saturated heterocycles. The number of amides is 1. The molecule has 1 amide bonds. The number of furan rings is 1. The average Bonchev–Trinajstić information content (AvgIpc) is 3.00. The van der Waals surface area contributed by atoms with E-state index in [4.69, 9.17) is 9.15 Å². The number of carbonyl (C=O) groups is 1. The van der Waals surface area contributed by atoms with Gasteiger partial charge in [0, 0.05) is 21.1 Å². The molecule has 0 saturated carbocycles. The molecule has 3 aromatic carbocycles. The molecule has 4 aromatic rings. The summed E-state index contributed by atoms with van der Waals surface area (Å²) in [7, 11) is 0. The summed E-state index contributed by atoms with van der Waals surface area (Å²) in [6, 6.07) is 22.4. The maximum atomic E-state index is 12.6. The summed E-state index contributed by atoms with van der Waals surface area (Å²) < 4.78 is 12.4. The van der Waals surface area contributed by atoms with E-state index in [1.807, 2.05) is 67.6 Å². The van der Waals surface area contributed by atoms with Crippen molar-refractivity contribution in [3.8, 4) is 11.5 Å². The fraction of sp³-hybridized carbons (Fsp3) is 0.0455. The van der Waals surface area contributed by atoms with Gasteiger partial charge in [0.05, 0.1) is 0 Å². The van der Waals surface area contributed by atoms with Crippen LogP contribution in [0.2, 0.25) is 0 Å². The van der Waals surface area contributed by atoms with Gasteiger partial charge in [0.1, 0.15) is 17.1 Å². The molecule has 0 aliphatic carbocycles. The summed E-state index contributed by atoms with van der Waals surface area (Å²) >= 11 is 3.44. The summed E-state index contributed by atoms with van der Waals surface area (Å²) in [4.78, 5) is 12.6. The van der Waals surface area contributed by atoms with Gasteiger partial charge in [-0.05, 0) is 61.5 Å². The van der Waals surface area contributed by atoms with E-state index in [1.54, 1.807) is 12.1 Å². The first kappa shape index (κ1) is 17.4.